The average Bonchev–Trinajstić information content (AvgIpc) is 2.77. The van der Waals surface area contributed by atoms with Gasteiger partial charge in [-0.3, -0.25) is 0 Å². The lowest BCUT2D eigenvalue weighted by Crippen LogP contribution is -2.25. The van der Waals surface area contributed by atoms with E-state index in [-0.39, 0.29) is 11.9 Å². The van der Waals surface area contributed by atoms with E-state index in [0.717, 1.165) is 16.9 Å². The molecule has 2 rings (SSSR count). The van der Waals surface area contributed by atoms with Gasteiger partial charge in [-0.15, -0.1) is 11.6 Å². The number of hydrogen-bond donors (Lipinski definition) is 0. The summed E-state index contributed by atoms with van der Waals surface area (Å²) in [5, 5.41) is 0. The van der Waals surface area contributed by atoms with Crippen LogP contribution in [0.25, 0.3) is 11.0 Å². The number of aromatic nitrogens is 2. The van der Waals surface area contributed by atoms with E-state index in [1.165, 1.54) is 6.07 Å². The Hall–Kier alpha value is -0.440. The normalized spacial score (nSPS) is 13.0. The van der Waals surface area contributed by atoms with Gasteiger partial charge in [0.2, 0.25) is 0 Å². The molecule has 0 aliphatic rings. The minimum Gasteiger partial charge on any atom is -0.382 e. The number of ether oxygens (including phenoxy) is 2. The Bertz CT molecular complexity index is 621. The van der Waals surface area contributed by atoms with E-state index >= 15 is 0 Å². The molecule has 0 bridgehead atoms. The van der Waals surface area contributed by atoms with Crippen LogP contribution in [0.4, 0.5) is 4.39 Å². The Morgan fingerprint density at radius 3 is 2.81 bits per heavy atom. The van der Waals surface area contributed by atoms with E-state index in [9.17, 15) is 4.39 Å². The van der Waals surface area contributed by atoms with E-state index in [1.807, 2.05) is 27.2 Å². The van der Waals surface area contributed by atoms with Crippen molar-refractivity contribution in [2.24, 2.45) is 0 Å². The summed E-state index contributed by atoms with van der Waals surface area (Å²) in [7, 11) is 3.26. The zero-order valence-corrected chi connectivity index (χ0v) is 14.8. The van der Waals surface area contributed by atoms with Crippen molar-refractivity contribution in [2.75, 3.05) is 26.7 Å². The molecule has 0 aliphatic heterocycles. The van der Waals surface area contributed by atoms with Gasteiger partial charge in [0.05, 0.1) is 33.9 Å². The van der Waals surface area contributed by atoms with E-state index in [0.29, 0.717) is 29.0 Å². The van der Waals surface area contributed by atoms with Crippen molar-refractivity contribution in [3.05, 3.63) is 27.3 Å². The van der Waals surface area contributed by atoms with Gasteiger partial charge in [0.25, 0.3) is 0 Å². The molecule has 1 unspecified atom stereocenters. The number of rotatable bonds is 7. The van der Waals surface area contributed by atoms with Crippen LogP contribution in [0.1, 0.15) is 5.82 Å². The van der Waals surface area contributed by atoms with Gasteiger partial charge in [-0.1, -0.05) is 0 Å². The molecule has 1 aromatic carbocycles. The van der Waals surface area contributed by atoms with Gasteiger partial charge in [-0.05, 0) is 28.7 Å². The Morgan fingerprint density at radius 1 is 1.43 bits per heavy atom. The molecule has 2 aromatic rings. The predicted molar refractivity (Wildman–Crippen MR) is 89.5 cm³/mol. The Kier molecular flexibility index (Phi) is 6.21. The summed E-state index contributed by atoms with van der Waals surface area (Å²) in [5.74, 6) is 1.05. The monoisotopic (exact) mass is 426 g/mol. The molecule has 0 fully saturated rings. The van der Waals surface area contributed by atoms with E-state index in [4.69, 9.17) is 21.1 Å². The van der Waals surface area contributed by atoms with Crippen LogP contribution < -0.4 is 0 Å². The van der Waals surface area contributed by atoms with Crippen LogP contribution in [0.2, 0.25) is 0 Å². The van der Waals surface area contributed by atoms with Gasteiger partial charge in [-0.2, -0.15) is 0 Å². The molecular formula is C14H17ClFIN2O2. The first-order valence-corrected chi connectivity index (χ1v) is 8.13. The highest BCUT2D eigenvalue weighted by atomic mass is 127. The molecule has 0 aliphatic carbocycles. The van der Waals surface area contributed by atoms with E-state index < -0.39 is 0 Å². The van der Waals surface area contributed by atoms with Crippen molar-refractivity contribution < 1.29 is 13.9 Å². The first-order valence-electron chi connectivity index (χ1n) is 6.52. The molecule has 21 heavy (non-hydrogen) atoms. The van der Waals surface area contributed by atoms with E-state index in [2.05, 4.69) is 4.98 Å². The highest BCUT2D eigenvalue weighted by molar-refractivity contribution is 14.1. The minimum absolute atomic E-state index is 0.121. The Labute approximate surface area is 141 Å². The highest BCUT2D eigenvalue weighted by Crippen LogP contribution is 2.23. The number of hydrogen-bond acceptors (Lipinski definition) is 3. The van der Waals surface area contributed by atoms with Crippen LogP contribution >= 0.6 is 34.2 Å². The van der Waals surface area contributed by atoms with Gasteiger partial charge < -0.3 is 14.0 Å². The summed E-state index contributed by atoms with van der Waals surface area (Å²) in [6, 6.07) is 3.26. The summed E-state index contributed by atoms with van der Waals surface area (Å²) >= 11 is 7.81. The predicted octanol–water partition coefficient (Wildman–Crippen LogP) is 3.22. The number of halogens is 3. The highest BCUT2D eigenvalue weighted by Gasteiger charge is 2.17. The fourth-order valence-corrected chi connectivity index (χ4v) is 2.85. The molecule has 1 aromatic heterocycles. The second-order valence-electron chi connectivity index (χ2n) is 4.65. The quantitative estimate of drug-likeness (QED) is 0.504. The number of imidazole rings is 1. The molecule has 0 N–H and O–H groups in total. The third-order valence-corrected chi connectivity index (χ3v) is 4.28. The van der Waals surface area contributed by atoms with E-state index in [1.54, 1.807) is 20.3 Å². The number of benzene rings is 1. The lowest BCUT2D eigenvalue weighted by molar-refractivity contribution is 0.0186. The molecule has 7 heteroatoms. The maximum absolute atomic E-state index is 13.9. The van der Waals surface area contributed by atoms with Crippen molar-refractivity contribution >= 4 is 45.2 Å². The number of nitrogens with zero attached hydrogens (tertiary/aromatic N) is 2. The van der Waals surface area contributed by atoms with Crippen molar-refractivity contribution in [3.8, 4) is 0 Å². The second kappa shape index (κ2) is 7.71. The zero-order valence-electron chi connectivity index (χ0n) is 11.9. The van der Waals surface area contributed by atoms with Crippen molar-refractivity contribution in [2.45, 2.75) is 19.1 Å². The molecular weight excluding hydrogens is 410 g/mol. The Morgan fingerprint density at radius 2 is 2.19 bits per heavy atom. The summed E-state index contributed by atoms with van der Waals surface area (Å²) in [5.41, 5.74) is 1.53. The third-order valence-electron chi connectivity index (χ3n) is 3.26. The SMILES string of the molecule is COCC(Cn1c(CCCl)nc2cc(I)c(F)cc21)OC. The first-order chi connectivity index (χ1) is 10.1. The maximum atomic E-state index is 13.9. The summed E-state index contributed by atoms with van der Waals surface area (Å²) < 4.78 is 26.9. The zero-order chi connectivity index (χ0) is 15.4. The molecule has 1 atom stereocenters. The van der Waals surface area contributed by atoms with Crippen LogP contribution in [0, 0.1) is 9.39 Å². The van der Waals surface area contributed by atoms with Gasteiger partial charge in [0.15, 0.2) is 0 Å². The van der Waals surface area contributed by atoms with Crippen LogP contribution in [0.3, 0.4) is 0 Å². The standard InChI is InChI=1S/C14H17ClFIN2O2/c1-20-8-9(21-2)7-19-13-5-10(16)11(17)6-12(13)18-14(19)3-4-15/h5-6,9H,3-4,7-8H2,1-2H3. The summed E-state index contributed by atoms with van der Waals surface area (Å²) in [6.45, 7) is 1.01. The molecule has 0 saturated carbocycles. The molecule has 0 amide bonds. The summed E-state index contributed by atoms with van der Waals surface area (Å²) in [4.78, 5) is 4.56. The molecule has 0 radical (unpaired) electrons. The summed E-state index contributed by atoms with van der Waals surface area (Å²) in [6.07, 6.45) is 0.501. The number of fused-ring (bicyclic) bond motifs is 1. The second-order valence-corrected chi connectivity index (χ2v) is 6.19. The Balaban J connectivity index is 2.46. The molecule has 116 valence electrons. The van der Waals surface area contributed by atoms with Crippen molar-refractivity contribution in [1.82, 2.24) is 9.55 Å². The average molecular weight is 427 g/mol. The molecule has 0 spiro atoms. The molecule has 4 nitrogen and oxygen atoms in total. The van der Waals surface area contributed by atoms with Gasteiger partial charge in [-0.25, -0.2) is 9.37 Å². The molecule has 1 heterocycles. The van der Waals surface area contributed by atoms with Crippen molar-refractivity contribution in [3.63, 3.8) is 0 Å². The fraction of sp³-hybridized carbons (Fsp3) is 0.500. The smallest absolute Gasteiger partial charge is 0.138 e. The lowest BCUT2D eigenvalue weighted by Gasteiger charge is -2.17. The van der Waals surface area contributed by atoms with Crippen LogP contribution in [0.5, 0.6) is 0 Å². The number of methoxy groups -OCH3 is 2. The van der Waals surface area contributed by atoms with Gasteiger partial charge in [0.1, 0.15) is 11.6 Å². The minimum atomic E-state index is -0.248. The fourth-order valence-electron chi connectivity index (χ4n) is 2.23. The largest absolute Gasteiger partial charge is 0.382 e. The third kappa shape index (κ3) is 3.85. The van der Waals surface area contributed by atoms with Crippen LogP contribution in [-0.2, 0) is 22.4 Å². The lowest BCUT2D eigenvalue weighted by atomic mass is 10.3. The van der Waals surface area contributed by atoms with Crippen LogP contribution in [0.15, 0.2) is 12.1 Å². The van der Waals surface area contributed by atoms with Gasteiger partial charge in [0, 0.05) is 32.6 Å². The number of aryl methyl sites for hydroxylation is 1. The van der Waals surface area contributed by atoms with Crippen molar-refractivity contribution in [1.29, 1.82) is 0 Å². The molecule has 0 saturated heterocycles. The topological polar surface area (TPSA) is 36.3 Å². The first kappa shape index (κ1) is 16.9. The van der Waals surface area contributed by atoms with Gasteiger partial charge >= 0.3 is 0 Å². The number of alkyl halides is 1. The maximum Gasteiger partial charge on any atom is 0.138 e. The van der Waals surface area contributed by atoms with Crippen LogP contribution in [-0.4, -0.2) is 42.4 Å².